The first-order valence-corrected chi connectivity index (χ1v) is 5.80. The molecule has 0 bridgehead atoms. The minimum Gasteiger partial charge on any atom is -0.506 e. The summed E-state index contributed by atoms with van der Waals surface area (Å²) in [4.78, 5) is 2.05. The highest BCUT2D eigenvalue weighted by atomic mass is 35.5. The molecule has 0 aromatic heterocycles. The zero-order valence-corrected chi connectivity index (χ0v) is 10.0. The smallest absolute Gasteiger partial charge is 0.134 e. The van der Waals surface area contributed by atoms with Gasteiger partial charge in [0.25, 0.3) is 0 Å². The van der Waals surface area contributed by atoms with Crippen molar-refractivity contribution in [3.63, 3.8) is 0 Å². The predicted octanol–water partition coefficient (Wildman–Crippen LogP) is 1.94. The second-order valence-corrected chi connectivity index (χ2v) is 4.30. The van der Waals surface area contributed by atoms with Crippen molar-refractivity contribution in [2.45, 2.75) is 6.04 Å². The van der Waals surface area contributed by atoms with Crippen molar-refractivity contribution in [2.24, 2.45) is 0 Å². The molecule has 0 radical (unpaired) electrons. The van der Waals surface area contributed by atoms with Crippen LogP contribution in [-0.4, -0.2) is 36.3 Å². The zero-order chi connectivity index (χ0) is 12.3. The molecule has 1 N–H and O–H groups in total. The largest absolute Gasteiger partial charge is 0.506 e. The van der Waals surface area contributed by atoms with E-state index in [4.69, 9.17) is 16.3 Å². The van der Waals surface area contributed by atoms with Crippen molar-refractivity contribution in [2.75, 3.05) is 26.3 Å². The molecule has 1 aliphatic heterocycles. The molecular weight excluding hydrogens is 240 g/mol. The van der Waals surface area contributed by atoms with E-state index < -0.39 is 0 Å². The van der Waals surface area contributed by atoms with Crippen LogP contribution in [0, 0.1) is 11.3 Å². The molecule has 0 saturated carbocycles. The number of phenols is 1. The summed E-state index contributed by atoms with van der Waals surface area (Å²) < 4.78 is 5.26. The van der Waals surface area contributed by atoms with Crippen LogP contribution in [0.25, 0.3) is 0 Å². The summed E-state index contributed by atoms with van der Waals surface area (Å²) in [5.74, 6) is 0.0362. The number of morpholine rings is 1. The molecule has 90 valence electrons. The van der Waals surface area contributed by atoms with E-state index in [1.54, 1.807) is 12.1 Å². The van der Waals surface area contributed by atoms with E-state index >= 15 is 0 Å². The van der Waals surface area contributed by atoms with Gasteiger partial charge in [-0.2, -0.15) is 5.26 Å². The van der Waals surface area contributed by atoms with Crippen molar-refractivity contribution in [3.8, 4) is 11.8 Å². The van der Waals surface area contributed by atoms with Gasteiger partial charge in [0.15, 0.2) is 0 Å². The van der Waals surface area contributed by atoms with Crippen LogP contribution in [-0.2, 0) is 4.74 Å². The zero-order valence-electron chi connectivity index (χ0n) is 9.27. The Labute approximate surface area is 105 Å². The van der Waals surface area contributed by atoms with Gasteiger partial charge in [0, 0.05) is 13.1 Å². The highest BCUT2D eigenvalue weighted by Crippen LogP contribution is 2.29. The van der Waals surface area contributed by atoms with Crippen LogP contribution in [0.5, 0.6) is 5.75 Å². The maximum atomic E-state index is 9.36. The van der Waals surface area contributed by atoms with Crippen LogP contribution in [0.1, 0.15) is 11.6 Å². The monoisotopic (exact) mass is 252 g/mol. The molecule has 1 unspecified atom stereocenters. The van der Waals surface area contributed by atoms with Crippen LogP contribution in [0.2, 0.25) is 5.02 Å². The molecule has 1 fully saturated rings. The molecule has 4 nitrogen and oxygen atoms in total. The van der Waals surface area contributed by atoms with Crippen LogP contribution in [0.4, 0.5) is 0 Å². The third-order valence-corrected chi connectivity index (χ3v) is 3.12. The number of nitrogens with zero attached hydrogens (tertiary/aromatic N) is 2. The lowest BCUT2D eigenvalue weighted by Gasteiger charge is -2.30. The van der Waals surface area contributed by atoms with Gasteiger partial charge >= 0.3 is 0 Å². The minimum absolute atomic E-state index is 0.0362. The number of rotatable bonds is 2. The molecule has 17 heavy (non-hydrogen) atoms. The van der Waals surface area contributed by atoms with E-state index in [2.05, 4.69) is 6.07 Å². The molecule has 1 aliphatic rings. The lowest BCUT2D eigenvalue weighted by Crippen LogP contribution is -2.38. The number of ether oxygens (including phenoxy) is 1. The van der Waals surface area contributed by atoms with E-state index in [9.17, 15) is 10.4 Å². The number of hydrogen-bond acceptors (Lipinski definition) is 4. The second-order valence-electron chi connectivity index (χ2n) is 3.89. The van der Waals surface area contributed by atoms with Gasteiger partial charge in [0.2, 0.25) is 0 Å². The van der Waals surface area contributed by atoms with Crippen molar-refractivity contribution < 1.29 is 9.84 Å². The lowest BCUT2D eigenvalue weighted by atomic mass is 10.1. The summed E-state index contributed by atoms with van der Waals surface area (Å²) in [5.41, 5.74) is 0.803. The molecule has 0 amide bonds. The third kappa shape index (κ3) is 2.70. The lowest BCUT2D eigenvalue weighted by molar-refractivity contribution is 0.0266. The SMILES string of the molecule is N#CC(c1ccc(O)c(Cl)c1)N1CCOCC1. The normalized spacial score (nSPS) is 18.6. The fraction of sp³-hybridized carbons (Fsp3) is 0.417. The molecule has 0 spiro atoms. The van der Waals surface area contributed by atoms with Gasteiger partial charge in [-0.1, -0.05) is 17.7 Å². The number of aromatic hydroxyl groups is 1. The molecule has 1 saturated heterocycles. The summed E-state index contributed by atoms with van der Waals surface area (Å²) in [5, 5.41) is 18.9. The van der Waals surface area contributed by atoms with Gasteiger partial charge < -0.3 is 9.84 Å². The molecule has 1 heterocycles. The van der Waals surface area contributed by atoms with Gasteiger partial charge in [0.1, 0.15) is 11.8 Å². The number of phenolic OH excluding ortho intramolecular Hbond substituents is 1. The molecule has 2 rings (SSSR count). The Morgan fingerprint density at radius 1 is 1.41 bits per heavy atom. The summed E-state index contributed by atoms with van der Waals surface area (Å²) in [6.45, 7) is 2.75. The topological polar surface area (TPSA) is 56.5 Å². The number of hydrogen-bond donors (Lipinski definition) is 1. The van der Waals surface area contributed by atoms with Gasteiger partial charge in [-0.25, -0.2) is 0 Å². The molecular formula is C12H13ClN2O2. The molecule has 5 heteroatoms. The van der Waals surface area contributed by atoms with E-state index in [0.717, 1.165) is 18.7 Å². The van der Waals surface area contributed by atoms with E-state index in [0.29, 0.717) is 13.2 Å². The Morgan fingerprint density at radius 3 is 2.71 bits per heavy atom. The fourth-order valence-electron chi connectivity index (χ4n) is 1.90. The highest BCUT2D eigenvalue weighted by Gasteiger charge is 2.22. The van der Waals surface area contributed by atoms with Crippen molar-refractivity contribution in [3.05, 3.63) is 28.8 Å². The Morgan fingerprint density at radius 2 is 2.12 bits per heavy atom. The standard InChI is InChI=1S/C12H13ClN2O2/c13-10-7-9(1-2-12(10)16)11(8-14)15-3-5-17-6-4-15/h1-2,7,11,16H,3-6H2. The molecule has 0 aliphatic carbocycles. The van der Waals surface area contributed by atoms with Crippen molar-refractivity contribution >= 4 is 11.6 Å². The first-order valence-electron chi connectivity index (χ1n) is 5.42. The maximum absolute atomic E-state index is 9.36. The summed E-state index contributed by atoms with van der Waals surface area (Å²) >= 11 is 5.85. The third-order valence-electron chi connectivity index (χ3n) is 2.82. The Kier molecular flexibility index (Phi) is 3.85. The van der Waals surface area contributed by atoms with E-state index in [-0.39, 0.29) is 16.8 Å². The van der Waals surface area contributed by atoms with Crippen molar-refractivity contribution in [1.82, 2.24) is 4.90 Å². The van der Waals surface area contributed by atoms with Crippen LogP contribution < -0.4 is 0 Å². The summed E-state index contributed by atoms with van der Waals surface area (Å²) in [6, 6.07) is 6.81. The molecule has 1 atom stereocenters. The Hall–Kier alpha value is -1.28. The van der Waals surface area contributed by atoms with Gasteiger partial charge in [-0.3, -0.25) is 4.90 Å². The highest BCUT2D eigenvalue weighted by molar-refractivity contribution is 6.32. The maximum Gasteiger partial charge on any atom is 0.134 e. The van der Waals surface area contributed by atoms with Crippen LogP contribution in [0.15, 0.2) is 18.2 Å². The summed E-state index contributed by atoms with van der Waals surface area (Å²) in [6.07, 6.45) is 0. The van der Waals surface area contributed by atoms with E-state index in [1.165, 1.54) is 6.07 Å². The average Bonchev–Trinajstić information content (AvgIpc) is 2.36. The number of benzene rings is 1. The number of halogens is 1. The van der Waals surface area contributed by atoms with Crippen molar-refractivity contribution in [1.29, 1.82) is 5.26 Å². The minimum atomic E-state index is -0.336. The quantitative estimate of drug-likeness (QED) is 0.874. The van der Waals surface area contributed by atoms with Gasteiger partial charge in [-0.05, 0) is 17.7 Å². The van der Waals surface area contributed by atoms with Crippen LogP contribution in [0.3, 0.4) is 0 Å². The van der Waals surface area contributed by atoms with Crippen LogP contribution >= 0.6 is 11.6 Å². The Balaban J connectivity index is 2.22. The summed E-state index contributed by atoms with van der Waals surface area (Å²) in [7, 11) is 0. The first-order chi connectivity index (χ1) is 8.22. The molecule has 1 aromatic rings. The Bertz CT molecular complexity index is 439. The second kappa shape index (κ2) is 5.37. The first kappa shape index (κ1) is 12.2. The average molecular weight is 253 g/mol. The predicted molar refractivity (Wildman–Crippen MR) is 63.9 cm³/mol. The number of nitriles is 1. The molecule has 1 aromatic carbocycles. The van der Waals surface area contributed by atoms with Gasteiger partial charge in [-0.15, -0.1) is 0 Å². The van der Waals surface area contributed by atoms with Gasteiger partial charge in [0.05, 0.1) is 24.3 Å². The van der Waals surface area contributed by atoms with E-state index in [1.807, 2.05) is 4.90 Å². The fourth-order valence-corrected chi connectivity index (χ4v) is 2.08.